The third kappa shape index (κ3) is 29.6. The van der Waals surface area contributed by atoms with Gasteiger partial charge in [0, 0.05) is 12.8 Å². The normalized spacial score (nSPS) is 14.4. The molecule has 0 aromatic rings. The van der Waals surface area contributed by atoms with Gasteiger partial charge in [-0.15, -0.1) is 0 Å². The first-order valence-corrected chi connectivity index (χ1v) is 17.3. The van der Waals surface area contributed by atoms with Crippen molar-refractivity contribution in [3.8, 4) is 0 Å². The molecule has 0 spiro atoms. The van der Waals surface area contributed by atoms with Crippen LogP contribution in [0.1, 0.15) is 136 Å². The lowest BCUT2D eigenvalue weighted by molar-refractivity contribution is -0.161. The van der Waals surface area contributed by atoms with Crippen molar-refractivity contribution in [2.75, 3.05) is 13.2 Å². The molecule has 2 N–H and O–H groups in total. The van der Waals surface area contributed by atoms with Gasteiger partial charge in [-0.2, -0.15) is 0 Å². The van der Waals surface area contributed by atoms with Gasteiger partial charge in [0.15, 0.2) is 6.10 Å². The molecular weight excluding hydrogens is 552 g/mol. The van der Waals surface area contributed by atoms with Crippen LogP contribution < -0.4 is 0 Å². The van der Waals surface area contributed by atoms with Gasteiger partial charge in [0.25, 0.3) is 0 Å². The zero-order valence-corrected chi connectivity index (χ0v) is 28.2. The molecule has 0 amide bonds. The minimum Gasteiger partial charge on any atom is -0.462 e. The highest BCUT2D eigenvalue weighted by molar-refractivity contribution is 5.70. The highest BCUT2D eigenvalue weighted by atomic mass is 16.6. The van der Waals surface area contributed by atoms with E-state index < -0.39 is 6.10 Å². The smallest absolute Gasteiger partial charge is 0.306 e. The number of aliphatic hydroxyl groups excluding tert-OH is 2. The fourth-order valence-corrected chi connectivity index (χ4v) is 4.34. The van der Waals surface area contributed by atoms with Crippen LogP contribution in [0.3, 0.4) is 0 Å². The number of ether oxygens (including phenoxy) is 2. The van der Waals surface area contributed by atoms with Gasteiger partial charge < -0.3 is 19.7 Å². The van der Waals surface area contributed by atoms with E-state index in [1.54, 1.807) is 6.08 Å². The van der Waals surface area contributed by atoms with Crippen LogP contribution in [0.5, 0.6) is 0 Å². The van der Waals surface area contributed by atoms with Gasteiger partial charge in [-0.1, -0.05) is 139 Å². The van der Waals surface area contributed by atoms with Crippen LogP contribution in [0.25, 0.3) is 0 Å². The second-order valence-corrected chi connectivity index (χ2v) is 11.7. The zero-order valence-electron chi connectivity index (χ0n) is 28.2. The summed E-state index contributed by atoms with van der Waals surface area (Å²) in [7, 11) is 0. The number of carbonyl (C=O) groups excluding carboxylic acids is 2. The van der Waals surface area contributed by atoms with E-state index in [2.05, 4.69) is 56.4 Å². The molecule has 252 valence electrons. The molecule has 6 nitrogen and oxygen atoms in total. The van der Waals surface area contributed by atoms with Gasteiger partial charge in [-0.3, -0.25) is 9.59 Å². The van der Waals surface area contributed by atoms with Gasteiger partial charge in [0.1, 0.15) is 6.61 Å². The Morgan fingerprint density at radius 3 is 1.86 bits per heavy atom. The number of carbonyl (C=O) groups is 2. The van der Waals surface area contributed by atoms with E-state index in [9.17, 15) is 19.8 Å². The number of hydrogen-bond donors (Lipinski definition) is 2. The maximum atomic E-state index is 12.1. The molecule has 0 aliphatic carbocycles. The highest BCUT2D eigenvalue weighted by Gasteiger charge is 2.15. The van der Waals surface area contributed by atoms with Crippen molar-refractivity contribution in [2.45, 2.75) is 149 Å². The molecule has 44 heavy (non-hydrogen) atoms. The molecule has 0 aliphatic rings. The number of allylic oxidation sites excluding steroid dienone is 9. The summed E-state index contributed by atoms with van der Waals surface area (Å²) in [4.78, 5) is 24.1. The molecule has 0 aromatic carbocycles. The van der Waals surface area contributed by atoms with Crippen molar-refractivity contribution in [3.05, 3.63) is 60.8 Å². The molecule has 0 radical (unpaired) electrons. The Balaban J connectivity index is 3.76. The second kappa shape index (κ2) is 32.0. The van der Waals surface area contributed by atoms with Crippen molar-refractivity contribution in [2.24, 2.45) is 5.92 Å². The fraction of sp³-hybridized carbons (Fsp3) is 0.684. The number of rotatable bonds is 29. The molecular formula is C38H64O6. The second-order valence-electron chi connectivity index (χ2n) is 11.7. The summed E-state index contributed by atoms with van der Waals surface area (Å²) < 4.78 is 10.5. The van der Waals surface area contributed by atoms with E-state index in [4.69, 9.17) is 9.47 Å². The molecule has 0 bridgehead atoms. The number of unbranched alkanes of at least 4 members (excludes halogenated alkanes) is 8. The van der Waals surface area contributed by atoms with Crippen molar-refractivity contribution >= 4 is 11.9 Å². The molecule has 0 aromatic heterocycles. The van der Waals surface area contributed by atoms with E-state index in [0.717, 1.165) is 57.3 Å². The van der Waals surface area contributed by atoms with Crippen molar-refractivity contribution in [1.82, 2.24) is 0 Å². The Kier molecular flexibility index (Phi) is 30.2. The molecule has 3 atom stereocenters. The average Bonchev–Trinajstić information content (AvgIpc) is 3.03. The summed E-state index contributed by atoms with van der Waals surface area (Å²) in [5.41, 5.74) is 0. The predicted molar refractivity (Wildman–Crippen MR) is 183 cm³/mol. The van der Waals surface area contributed by atoms with Gasteiger partial charge in [-0.05, 0) is 50.9 Å². The lowest BCUT2D eigenvalue weighted by atomic mass is 9.99. The Bertz CT molecular complexity index is 825. The Morgan fingerprint density at radius 1 is 0.682 bits per heavy atom. The van der Waals surface area contributed by atoms with Crippen LogP contribution in [0.2, 0.25) is 0 Å². The fourth-order valence-electron chi connectivity index (χ4n) is 4.34. The van der Waals surface area contributed by atoms with Gasteiger partial charge >= 0.3 is 11.9 Å². The largest absolute Gasteiger partial charge is 0.462 e. The van der Waals surface area contributed by atoms with Gasteiger partial charge in [-0.25, -0.2) is 0 Å². The van der Waals surface area contributed by atoms with Crippen LogP contribution in [-0.2, 0) is 19.1 Å². The summed E-state index contributed by atoms with van der Waals surface area (Å²) in [6.07, 6.45) is 36.6. The molecule has 0 aliphatic heterocycles. The summed E-state index contributed by atoms with van der Waals surface area (Å²) in [6, 6.07) is 0. The molecule has 0 saturated carbocycles. The lowest BCUT2D eigenvalue weighted by Gasteiger charge is -2.15. The minimum atomic E-state index is -0.811. The summed E-state index contributed by atoms with van der Waals surface area (Å²) in [6.45, 7) is 6.07. The Morgan fingerprint density at radius 2 is 1.25 bits per heavy atom. The van der Waals surface area contributed by atoms with Crippen molar-refractivity contribution in [3.63, 3.8) is 0 Å². The van der Waals surface area contributed by atoms with Crippen LogP contribution in [0.4, 0.5) is 0 Å². The first-order valence-electron chi connectivity index (χ1n) is 17.3. The molecule has 1 unspecified atom stereocenters. The van der Waals surface area contributed by atoms with Gasteiger partial charge in [0.2, 0.25) is 0 Å². The molecule has 0 heterocycles. The van der Waals surface area contributed by atoms with Crippen molar-refractivity contribution < 1.29 is 29.3 Å². The predicted octanol–water partition coefficient (Wildman–Crippen LogP) is 9.27. The molecule has 6 heteroatoms. The number of esters is 2. The lowest BCUT2D eigenvalue weighted by Crippen LogP contribution is -2.28. The van der Waals surface area contributed by atoms with E-state index in [0.29, 0.717) is 12.8 Å². The molecule has 0 rings (SSSR count). The Labute approximate surface area is 269 Å². The summed E-state index contributed by atoms with van der Waals surface area (Å²) in [5.74, 6) is 0.163. The van der Waals surface area contributed by atoms with E-state index in [1.807, 2.05) is 19.1 Å². The first-order chi connectivity index (χ1) is 21.4. The monoisotopic (exact) mass is 616 g/mol. The van der Waals surface area contributed by atoms with Gasteiger partial charge in [0.05, 0.1) is 12.7 Å². The SMILES string of the molecule is CCC(C)CCCCCCCCCCC(=O)OC[C@H](CO)OC(=O)CCC/C=C\C/C=C\C/C=C\C/C=C\C=C\[C@H](O)CC. The minimum absolute atomic E-state index is 0.1000. The topological polar surface area (TPSA) is 93.1 Å². The van der Waals surface area contributed by atoms with E-state index >= 15 is 0 Å². The number of hydrogen-bond acceptors (Lipinski definition) is 6. The van der Waals surface area contributed by atoms with Crippen LogP contribution in [0.15, 0.2) is 60.8 Å². The number of aliphatic hydroxyl groups is 2. The third-order valence-corrected chi connectivity index (χ3v) is 7.52. The average molecular weight is 617 g/mol. The van der Waals surface area contributed by atoms with E-state index in [-0.39, 0.29) is 37.7 Å². The quantitative estimate of drug-likeness (QED) is 0.0377. The Hall–Kier alpha value is -2.44. The van der Waals surface area contributed by atoms with Crippen molar-refractivity contribution in [1.29, 1.82) is 0 Å². The first kappa shape index (κ1) is 41.6. The molecule has 0 saturated heterocycles. The van der Waals surface area contributed by atoms with Crippen LogP contribution in [-0.4, -0.2) is 47.6 Å². The van der Waals surface area contributed by atoms with E-state index in [1.165, 1.54) is 44.9 Å². The maximum absolute atomic E-state index is 12.1. The van der Waals surface area contributed by atoms with Crippen LogP contribution in [0, 0.1) is 5.92 Å². The third-order valence-electron chi connectivity index (χ3n) is 7.52. The highest BCUT2D eigenvalue weighted by Crippen LogP contribution is 2.15. The summed E-state index contributed by atoms with van der Waals surface area (Å²) >= 11 is 0. The summed E-state index contributed by atoms with van der Waals surface area (Å²) in [5, 5.41) is 18.9. The standard InChI is InChI=1S/C38H64O6/c1-4-34(3)28-24-20-16-14-15-18-22-26-30-37(41)43-33-36(32-39)44-38(42)31-27-23-19-13-11-9-7-6-8-10-12-17-21-25-29-35(40)5-2/h7-10,13,17,19,21,25,29,34-36,39-40H,4-6,11-12,14-16,18,20,22-24,26-28,30-33H2,1-3H3/b9-7-,10-8-,19-13-,21-17-,29-25+/t34?,35-,36+/m1/s1. The maximum Gasteiger partial charge on any atom is 0.306 e. The molecule has 0 fully saturated rings. The zero-order chi connectivity index (χ0) is 32.5. The van der Waals surface area contributed by atoms with Crippen LogP contribution >= 0.6 is 0 Å².